The van der Waals surface area contributed by atoms with Crippen molar-refractivity contribution in [2.75, 3.05) is 45.9 Å². The maximum Gasteiger partial charge on any atom is 0.407 e. The van der Waals surface area contributed by atoms with Crippen LogP contribution in [0.25, 0.3) is 0 Å². The molecule has 1 aromatic heterocycles. The quantitative estimate of drug-likeness (QED) is 0.305. The minimum atomic E-state index is -0.332. The topological polar surface area (TPSA) is 69.2 Å². The van der Waals surface area contributed by atoms with Crippen LogP contribution in [0.3, 0.4) is 0 Å². The Bertz CT molecular complexity index is 631. The summed E-state index contributed by atoms with van der Waals surface area (Å²) in [6.07, 6.45) is 1.98. The summed E-state index contributed by atoms with van der Waals surface area (Å²) >= 11 is 1.82. The van der Waals surface area contributed by atoms with Crippen LogP contribution in [-0.2, 0) is 11.3 Å². The highest BCUT2D eigenvalue weighted by atomic mass is 127. The molecule has 0 bridgehead atoms. The number of amides is 1. The molecular weight excluding hydrogens is 501 g/mol. The summed E-state index contributed by atoms with van der Waals surface area (Å²) in [5.74, 6) is 1.48. The fourth-order valence-electron chi connectivity index (χ4n) is 3.49. The number of aliphatic imine (C=N–C) groups is 1. The van der Waals surface area contributed by atoms with Gasteiger partial charge in [0.25, 0.3) is 0 Å². The first-order valence-electron chi connectivity index (χ1n) is 10.4. The zero-order valence-corrected chi connectivity index (χ0v) is 20.6. The molecule has 0 aromatic carbocycles. The number of hydrogen-bond donors (Lipinski definition) is 2. The van der Waals surface area contributed by atoms with Gasteiger partial charge in [-0.1, -0.05) is 6.07 Å². The van der Waals surface area contributed by atoms with Crippen molar-refractivity contribution in [3.8, 4) is 0 Å². The number of rotatable bonds is 8. The summed E-state index contributed by atoms with van der Waals surface area (Å²) in [5.41, 5.74) is 0. The Morgan fingerprint density at radius 1 is 1.31 bits per heavy atom. The van der Waals surface area contributed by atoms with Gasteiger partial charge in [-0.2, -0.15) is 0 Å². The third-order valence-corrected chi connectivity index (χ3v) is 6.03. The molecule has 9 heteroatoms. The summed E-state index contributed by atoms with van der Waals surface area (Å²) < 4.78 is 5.05. The fraction of sp³-hybridized carbons (Fsp3) is 0.700. The van der Waals surface area contributed by atoms with E-state index in [1.165, 1.54) is 4.88 Å². The predicted molar refractivity (Wildman–Crippen MR) is 129 cm³/mol. The normalized spacial score (nSPS) is 18.7. The maximum atomic E-state index is 11.8. The van der Waals surface area contributed by atoms with Gasteiger partial charge in [0.05, 0.1) is 19.2 Å². The van der Waals surface area contributed by atoms with Crippen LogP contribution in [-0.4, -0.2) is 73.8 Å². The Morgan fingerprint density at radius 3 is 2.66 bits per heavy atom. The van der Waals surface area contributed by atoms with Gasteiger partial charge in [-0.3, -0.25) is 9.89 Å². The van der Waals surface area contributed by atoms with E-state index in [9.17, 15) is 4.79 Å². The SMILES string of the molecule is CCNC(=NCC(NC(=O)OCC)C1CC1)N1CCN(Cc2cccs2)CC1.I. The summed E-state index contributed by atoms with van der Waals surface area (Å²) in [7, 11) is 0. The molecule has 1 aliphatic carbocycles. The highest BCUT2D eigenvalue weighted by molar-refractivity contribution is 14.0. The smallest absolute Gasteiger partial charge is 0.407 e. The van der Waals surface area contributed by atoms with Crippen LogP contribution in [0.5, 0.6) is 0 Å². The van der Waals surface area contributed by atoms with E-state index in [4.69, 9.17) is 9.73 Å². The van der Waals surface area contributed by atoms with E-state index >= 15 is 0 Å². The van der Waals surface area contributed by atoms with E-state index in [2.05, 4.69) is 44.9 Å². The zero-order valence-electron chi connectivity index (χ0n) is 17.4. The number of thiophene rings is 1. The number of nitrogens with one attached hydrogen (secondary N) is 2. The molecule has 0 spiro atoms. The average molecular weight is 535 g/mol. The van der Waals surface area contributed by atoms with Gasteiger partial charge >= 0.3 is 6.09 Å². The predicted octanol–water partition coefficient (Wildman–Crippen LogP) is 2.97. The monoisotopic (exact) mass is 535 g/mol. The third-order valence-electron chi connectivity index (χ3n) is 5.17. The van der Waals surface area contributed by atoms with Crippen molar-refractivity contribution in [3.63, 3.8) is 0 Å². The van der Waals surface area contributed by atoms with E-state index in [1.54, 1.807) is 0 Å². The van der Waals surface area contributed by atoms with Crippen LogP contribution in [0.15, 0.2) is 22.5 Å². The molecule has 1 aromatic rings. The number of guanidine groups is 1. The van der Waals surface area contributed by atoms with Crippen molar-refractivity contribution in [2.45, 2.75) is 39.3 Å². The van der Waals surface area contributed by atoms with Crippen LogP contribution >= 0.6 is 35.3 Å². The molecule has 1 saturated heterocycles. The number of piperazine rings is 1. The molecule has 1 unspecified atom stereocenters. The van der Waals surface area contributed by atoms with E-state index in [0.717, 1.165) is 58.1 Å². The first kappa shape index (κ1) is 24.2. The molecule has 1 atom stereocenters. The second-order valence-corrected chi connectivity index (χ2v) is 8.38. The van der Waals surface area contributed by atoms with Gasteiger partial charge in [-0.25, -0.2) is 4.79 Å². The van der Waals surface area contributed by atoms with Crippen molar-refractivity contribution < 1.29 is 9.53 Å². The number of carbonyl (C=O) groups excluding carboxylic acids is 1. The van der Waals surface area contributed by atoms with Crippen LogP contribution in [0, 0.1) is 5.92 Å². The zero-order chi connectivity index (χ0) is 19.8. The standard InChI is InChI=1S/C20H33N5O2S.HI/c1-3-21-19(22-14-18(16-7-8-16)23-20(26)27-4-2)25-11-9-24(10-12-25)15-17-6-5-13-28-17;/h5-6,13,16,18H,3-4,7-12,14-15H2,1-2H3,(H,21,22)(H,23,26);1H. The van der Waals surface area contributed by atoms with E-state index < -0.39 is 0 Å². The van der Waals surface area contributed by atoms with Gasteiger partial charge < -0.3 is 20.3 Å². The second-order valence-electron chi connectivity index (χ2n) is 7.35. The second kappa shape index (κ2) is 12.6. The molecule has 2 N–H and O–H groups in total. The number of ether oxygens (including phenoxy) is 1. The van der Waals surface area contributed by atoms with Gasteiger partial charge in [0.2, 0.25) is 0 Å². The molecule has 7 nitrogen and oxygen atoms in total. The number of carbonyl (C=O) groups is 1. The molecule has 2 heterocycles. The largest absolute Gasteiger partial charge is 0.450 e. The number of nitrogens with zero attached hydrogens (tertiary/aromatic N) is 3. The fourth-order valence-corrected chi connectivity index (χ4v) is 4.23. The highest BCUT2D eigenvalue weighted by Crippen LogP contribution is 2.32. The van der Waals surface area contributed by atoms with Crippen molar-refractivity contribution in [1.29, 1.82) is 0 Å². The highest BCUT2D eigenvalue weighted by Gasteiger charge is 2.33. The summed E-state index contributed by atoms with van der Waals surface area (Å²) in [6, 6.07) is 4.39. The number of hydrogen-bond acceptors (Lipinski definition) is 5. The van der Waals surface area contributed by atoms with Crippen LogP contribution in [0.2, 0.25) is 0 Å². The lowest BCUT2D eigenvalue weighted by Crippen LogP contribution is -2.52. The Kier molecular flexibility index (Phi) is 10.5. The lowest BCUT2D eigenvalue weighted by Gasteiger charge is -2.36. The molecule has 164 valence electrons. The molecule has 1 amide bonds. The molecule has 1 aliphatic heterocycles. The Labute approximate surface area is 195 Å². The summed E-state index contributed by atoms with van der Waals surface area (Å²) in [6.45, 7) is 10.8. The van der Waals surface area contributed by atoms with Crippen LogP contribution < -0.4 is 10.6 Å². The minimum absolute atomic E-state index is 0. The molecule has 29 heavy (non-hydrogen) atoms. The Hall–Kier alpha value is -1.07. The minimum Gasteiger partial charge on any atom is -0.450 e. The summed E-state index contributed by atoms with van der Waals surface area (Å²) in [5, 5.41) is 8.55. The molecule has 2 fully saturated rings. The van der Waals surface area contributed by atoms with Crippen molar-refractivity contribution in [3.05, 3.63) is 22.4 Å². The van der Waals surface area contributed by atoms with Gasteiger partial charge in [-0.05, 0) is 44.1 Å². The van der Waals surface area contributed by atoms with Gasteiger partial charge in [0.15, 0.2) is 5.96 Å². The number of alkyl carbamates (subject to hydrolysis) is 1. The summed E-state index contributed by atoms with van der Waals surface area (Å²) in [4.78, 5) is 22.9. The van der Waals surface area contributed by atoms with Crippen molar-refractivity contribution in [1.82, 2.24) is 20.4 Å². The van der Waals surface area contributed by atoms with Crippen LogP contribution in [0.4, 0.5) is 4.79 Å². The third kappa shape index (κ3) is 7.93. The molecular formula is C20H34IN5O2S. The maximum absolute atomic E-state index is 11.8. The van der Waals surface area contributed by atoms with E-state index in [0.29, 0.717) is 19.1 Å². The first-order valence-corrected chi connectivity index (χ1v) is 11.3. The molecule has 0 radical (unpaired) electrons. The lowest BCUT2D eigenvalue weighted by atomic mass is 10.2. The number of halogens is 1. The van der Waals surface area contributed by atoms with E-state index in [1.807, 2.05) is 18.3 Å². The Balaban J connectivity index is 0.00000300. The van der Waals surface area contributed by atoms with Gasteiger partial charge in [0, 0.05) is 44.1 Å². The Morgan fingerprint density at radius 2 is 2.07 bits per heavy atom. The molecule has 2 aliphatic rings. The van der Waals surface area contributed by atoms with Crippen LogP contribution in [0.1, 0.15) is 31.6 Å². The van der Waals surface area contributed by atoms with Gasteiger partial charge in [-0.15, -0.1) is 35.3 Å². The van der Waals surface area contributed by atoms with E-state index in [-0.39, 0.29) is 36.1 Å². The lowest BCUT2D eigenvalue weighted by molar-refractivity contribution is 0.147. The first-order chi connectivity index (χ1) is 13.7. The van der Waals surface area contributed by atoms with Crippen molar-refractivity contribution in [2.24, 2.45) is 10.9 Å². The average Bonchev–Trinajstić information content (AvgIpc) is 3.42. The van der Waals surface area contributed by atoms with Crippen molar-refractivity contribution >= 4 is 47.4 Å². The van der Waals surface area contributed by atoms with Gasteiger partial charge in [0.1, 0.15) is 0 Å². The molecule has 3 rings (SSSR count). The molecule has 1 saturated carbocycles.